The van der Waals surface area contributed by atoms with Gasteiger partial charge in [0, 0.05) is 31.3 Å². The summed E-state index contributed by atoms with van der Waals surface area (Å²) < 4.78 is 6.17. The lowest BCUT2D eigenvalue weighted by molar-refractivity contribution is -0.194. The number of carbonyl (C=O) groups excluding carboxylic acids is 2. The SMILES string of the molecule is O=C1CCCCN1CC1CCC2(CN(C(=O)C3CCC3)C2)OC1. The number of ether oxygens (including phenoxy) is 1. The third kappa shape index (κ3) is 3.00. The van der Waals surface area contributed by atoms with E-state index in [1.165, 1.54) is 6.42 Å². The lowest BCUT2D eigenvalue weighted by Gasteiger charge is -2.54. The molecule has 1 atom stereocenters. The Morgan fingerprint density at radius 1 is 1.17 bits per heavy atom. The molecular formula is C18H28N2O3. The smallest absolute Gasteiger partial charge is 0.225 e. The van der Waals surface area contributed by atoms with Crippen LogP contribution in [0.15, 0.2) is 0 Å². The Labute approximate surface area is 138 Å². The molecule has 4 rings (SSSR count). The van der Waals surface area contributed by atoms with Gasteiger partial charge >= 0.3 is 0 Å². The zero-order chi connectivity index (χ0) is 15.9. The van der Waals surface area contributed by atoms with Crippen molar-refractivity contribution in [1.82, 2.24) is 9.80 Å². The van der Waals surface area contributed by atoms with Gasteiger partial charge in [0.25, 0.3) is 0 Å². The Bertz CT molecular complexity index is 473. The summed E-state index contributed by atoms with van der Waals surface area (Å²) in [6.45, 7) is 4.11. The standard InChI is InChI=1S/C18H28N2O3/c21-16-6-1-2-9-19(16)10-14-7-8-18(23-11-14)12-20(13-18)17(22)15-4-3-5-15/h14-15H,1-13H2. The summed E-state index contributed by atoms with van der Waals surface area (Å²) >= 11 is 0. The molecule has 23 heavy (non-hydrogen) atoms. The van der Waals surface area contributed by atoms with Crippen LogP contribution in [0.2, 0.25) is 0 Å². The van der Waals surface area contributed by atoms with E-state index < -0.39 is 0 Å². The van der Waals surface area contributed by atoms with E-state index in [0.717, 1.165) is 77.7 Å². The molecule has 3 heterocycles. The highest BCUT2D eigenvalue weighted by Gasteiger charge is 2.50. The molecule has 128 valence electrons. The lowest BCUT2D eigenvalue weighted by Crippen LogP contribution is -2.67. The van der Waals surface area contributed by atoms with E-state index in [-0.39, 0.29) is 5.60 Å². The molecule has 1 saturated carbocycles. The van der Waals surface area contributed by atoms with Crippen molar-refractivity contribution in [2.24, 2.45) is 11.8 Å². The van der Waals surface area contributed by atoms with E-state index in [0.29, 0.717) is 23.7 Å². The largest absolute Gasteiger partial charge is 0.371 e. The highest BCUT2D eigenvalue weighted by Crippen LogP contribution is 2.39. The highest BCUT2D eigenvalue weighted by molar-refractivity contribution is 5.80. The first kappa shape index (κ1) is 15.4. The number of likely N-dealkylation sites (tertiary alicyclic amines) is 2. The fourth-order valence-corrected chi connectivity index (χ4v) is 4.40. The summed E-state index contributed by atoms with van der Waals surface area (Å²) in [5, 5.41) is 0. The Kier molecular flexibility index (Phi) is 4.08. The van der Waals surface area contributed by atoms with Gasteiger partial charge in [-0.1, -0.05) is 6.42 Å². The molecule has 2 amide bonds. The van der Waals surface area contributed by atoms with Crippen LogP contribution >= 0.6 is 0 Å². The van der Waals surface area contributed by atoms with Crippen LogP contribution in [0, 0.1) is 11.8 Å². The fourth-order valence-electron chi connectivity index (χ4n) is 4.40. The summed E-state index contributed by atoms with van der Waals surface area (Å²) in [7, 11) is 0. The third-order valence-corrected chi connectivity index (χ3v) is 6.26. The van der Waals surface area contributed by atoms with E-state index in [9.17, 15) is 9.59 Å². The molecule has 1 spiro atoms. The van der Waals surface area contributed by atoms with Crippen molar-refractivity contribution in [2.75, 3.05) is 32.8 Å². The van der Waals surface area contributed by atoms with Gasteiger partial charge in [-0.2, -0.15) is 0 Å². The summed E-state index contributed by atoms with van der Waals surface area (Å²) in [6, 6.07) is 0. The van der Waals surface area contributed by atoms with Gasteiger partial charge in [-0.3, -0.25) is 9.59 Å². The lowest BCUT2D eigenvalue weighted by atomic mass is 9.79. The van der Waals surface area contributed by atoms with Crippen LogP contribution in [0.4, 0.5) is 0 Å². The van der Waals surface area contributed by atoms with Crippen molar-refractivity contribution in [1.29, 1.82) is 0 Å². The first-order valence-electron chi connectivity index (χ1n) is 9.36. The summed E-state index contributed by atoms with van der Waals surface area (Å²) in [4.78, 5) is 28.2. The van der Waals surface area contributed by atoms with Crippen LogP contribution in [0.5, 0.6) is 0 Å². The third-order valence-electron chi connectivity index (χ3n) is 6.26. The van der Waals surface area contributed by atoms with Crippen LogP contribution in [-0.4, -0.2) is 60.0 Å². The first-order valence-corrected chi connectivity index (χ1v) is 9.36. The van der Waals surface area contributed by atoms with E-state index in [1.807, 2.05) is 9.80 Å². The topological polar surface area (TPSA) is 49.9 Å². The maximum absolute atomic E-state index is 12.2. The van der Waals surface area contributed by atoms with Crippen LogP contribution in [0.3, 0.4) is 0 Å². The Morgan fingerprint density at radius 3 is 2.61 bits per heavy atom. The molecule has 4 fully saturated rings. The molecule has 0 aromatic rings. The van der Waals surface area contributed by atoms with Gasteiger partial charge in [-0.25, -0.2) is 0 Å². The number of carbonyl (C=O) groups is 2. The average Bonchev–Trinajstić information content (AvgIpc) is 2.46. The molecule has 5 nitrogen and oxygen atoms in total. The van der Waals surface area contributed by atoms with E-state index in [1.54, 1.807) is 0 Å². The van der Waals surface area contributed by atoms with Crippen molar-refractivity contribution in [3.05, 3.63) is 0 Å². The zero-order valence-corrected chi connectivity index (χ0v) is 14.0. The number of hydrogen-bond acceptors (Lipinski definition) is 3. The van der Waals surface area contributed by atoms with Crippen LogP contribution in [-0.2, 0) is 14.3 Å². The molecule has 0 radical (unpaired) electrons. The molecule has 0 N–H and O–H groups in total. The molecule has 1 aliphatic carbocycles. The monoisotopic (exact) mass is 320 g/mol. The Morgan fingerprint density at radius 2 is 2.00 bits per heavy atom. The second-order valence-electron chi connectivity index (χ2n) is 8.02. The molecule has 1 unspecified atom stereocenters. The van der Waals surface area contributed by atoms with Crippen LogP contribution in [0.1, 0.15) is 51.4 Å². The van der Waals surface area contributed by atoms with E-state index >= 15 is 0 Å². The second kappa shape index (κ2) is 6.08. The minimum Gasteiger partial charge on any atom is -0.371 e. The van der Waals surface area contributed by atoms with Crippen molar-refractivity contribution in [3.63, 3.8) is 0 Å². The van der Waals surface area contributed by atoms with Gasteiger partial charge in [0.1, 0.15) is 5.60 Å². The summed E-state index contributed by atoms with van der Waals surface area (Å²) in [5.74, 6) is 1.44. The van der Waals surface area contributed by atoms with Gasteiger partial charge in [0.15, 0.2) is 0 Å². The predicted molar refractivity (Wildman–Crippen MR) is 85.8 cm³/mol. The van der Waals surface area contributed by atoms with Crippen molar-refractivity contribution >= 4 is 11.8 Å². The van der Waals surface area contributed by atoms with Crippen molar-refractivity contribution in [2.45, 2.75) is 57.0 Å². The van der Waals surface area contributed by atoms with Gasteiger partial charge in [0.05, 0.1) is 19.7 Å². The second-order valence-corrected chi connectivity index (χ2v) is 8.02. The zero-order valence-electron chi connectivity index (χ0n) is 14.0. The number of amides is 2. The van der Waals surface area contributed by atoms with E-state index in [2.05, 4.69) is 0 Å². The maximum atomic E-state index is 12.2. The minimum absolute atomic E-state index is 0.0676. The maximum Gasteiger partial charge on any atom is 0.225 e. The molecule has 0 bridgehead atoms. The Balaban J connectivity index is 1.22. The molecule has 3 aliphatic heterocycles. The number of piperidine rings is 1. The normalized spacial score (nSPS) is 31.0. The molecular weight excluding hydrogens is 292 g/mol. The first-order chi connectivity index (χ1) is 11.2. The number of rotatable bonds is 3. The number of hydrogen-bond donors (Lipinski definition) is 0. The van der Waals surface area contributed by atoms with Gasteiger partial charge in [-0.05, 0) is 38.5 Å². The Hall–Kier alpha value is -1.10. The summed E-state index contributed by atoms with van der Waals surface area (Å²) in [5.41, 5.74) is -0.0676. The van der Waals surface area contributed by atoms with Crippen LogP contribution in [0.25, 0.3) is 0 Å². The van der Waals surface area contributed by atoms with Crippen molar-refractivity contribution in [3.8, 4) is 0 Å². The molecule has 0 aromatic carbocycles. The van der Waals surface area contributed by atoms with Crippen LogP contribution < -0.4 is 0 Å². The molecule has 0 aromatic heterocycles. The minimum atomic E-state index is -0.0676. The van der Waals surface area contributed by atoms with Gasteiger partial charge in [0.2, 0.25) is 11.8 Å². The highest BCUT2D eigenvalue weighted by atomic mass is 16.5. The fraction of sp³-hybridized carbons (Fsp3) is 0.889. The molecule has 3 saturated heterocycles. The van der Waals surface area contributed by atoms with Gasteiger partial charge < -0.3 is 14.5 Å². The average molecular weight is 320 g/mol. The molecule has 4 aliphatic rings. The van der Waals surface area contributed by atoms with Crippen molar-refractivity contribution < 1.29 is 14.3 Å². The number of nitrogens with zero attached hydrogens (tertiary/aromatic N) is 2. The summed E-state index contributed by atoms with van der Waals surface area (Å²) in [6.07, 6.45) is 8.43. The predicted octanol–water partition coefficient (Wildman–Crippen LogP) is 1.81. The quantitative estimate of drug-likeness (QED) is 0.797. The van der Waals surface area contributed by atoms with E-state index in [4.69, 9.17) is 4.74 Å². The molecule has 5 heteroatoms. The van der Waals surface area contributed by atoms with Gasteiger partial charge in [-0.15, -0.1) is 0 Å².